The number of hydrogen-bond donors (Lipinski definition) is 1. The van der Waals surface area contributed by atoms with Crippen LogP contribution < -0.4 is 0 Å². The van der Waals surface area contributed by atoms with Gasteiger partial charge in [-0.05, 0) is 54.8 Å². The van der Waals surface area contributed by atoms with E-state index in [4.69, 9.17) is 41.8 Å². The smallest absolute Gasteiger partial charge is 0 e. The number of carbonyl (C=O) groups is 1. The third-order valence-electron chi connectivity index (χ3n) is 8.21. The van der Waals surface area contributed by atoms with Gasteiger partial charge in [0.2, 0.25) is 8.32 Å². The second-order valence-electron chi connectivity index (χ2n) is 10.8. The van der Waals surface area contributed by atoms with E-state index in [0.29, 0.717) is 29.5 Å². The van der Waals surface area contributed by atoms with E-state index in [9.17, 15) is 9.90 Å². The van der Waals surface area contributed by atoms with Crippen molar-refractivity contribution in [3.8, 4) is 11.8 Å². The Balaban J connectivity index is -0.000000205. The van der Waals surface area contributed by atoms with Gasteiger partial charge in [-0.15, -0.1) is 0 Å². The van der Waals surface area contributed by atoms with Crippen LogP contribution in [0.2, 0.25) is 16.6 Å². The summed E-state index contributed by atoms with van der Waals surface area (Å²) in [6.07, 6.45) is 5.90. The van der Waals surface area contributed by atoms with E-state index in [1.54, 1.807) is 7.11 Å². The van der Waals surface area contributed by atoms with Gasteiger partial charge in [-0.3, -0.25) is 4.79 Å². The van der Waals surface area contributed by atoms with Gasteiger partial charge in [-0.25, -0.2) is 0 Å². The molecule has 0 aromatic heterocycles. The largest absolute Gasteiger partial charge is 0 e. The van der Waals surface area contributed by atoms with Gasteiger partial charge in [0.15, 0.2) is 6.61 Å². The van der Waals surface area contributed by atoms with E-state index in [1.165, 1.54) is 6.92 Å². The molecule has 2 fully saturated rings. The first-order valence-corrected chi connectivity index (χ1v) is 16.0. The number of rotatable bonds is 7. The zero-order valence-corrected chi connectivity index (χ0v) is 31.5. The fourth-order valence-electron chi connectivity index (χ4n) is 6.88. The molecule has 0 aromatic carbocycles. The van der Waals surface area contributed by atoms with Gasteiger partial charge in [0, 0.05) is 60.1 Å². The summed E-state index contributed by atoms with van der Waals surface area (Å²) >= 11 is 0. The predicted octanol–water partition coefficient (Wildman–Crippen LogP) is 5.54. The van der Waals surface area contributed by atoms with Crippen LogP contribution in [-0.4, -0.2) is 50.4 Å². The summed E-state index contributed by atoms with van der Waals surface area (Å²) in [4.78, 5) is 11.2. The number of hydrogen-bond acceptors (Lipinski definition) is 5. The van der Waals surface area contributed by atoms with Gasteiger partial charge in [-0.1, -0.05) is 59.5 Å². The van der Waals surface area contributed by atoms with Crippen molar-refractivity contribution in [2.45, 2.75) is 121 Å². The summed E-state index contributed by atoms with van der Waals surface area (Å²) in [6, 6.07) is 0. The van der Waals surface area contributed by atoms with E-state index in [-0.39, 0.29) is 58.2 Å². The van der Waals surface area contributed by atoms with Crippen molar-refractivity contribution in [2.75, 3.05) is 13.7 Å². The van der Waals surface area contributed by atoms with Crippen LogP contribution in [0.25, 0.3) is 0 Å². The number of esters is 1. The third kappa shape index (κ3) is 16.1. The Morgan fingerprint density at radius 1 is 0.936 bits per heavy atom. The van der Waals surface area contributed by atoms with E-state index in [2.05, 4.69) is 93.3 Å². The third-order valence-corrected chi connectivity index (χ3v) is 14.4. The molecule has 266 valence electrons. The summed E-state index contributed by atoms with van der Waals surface area (Å²) < 4.78 is 63.5. The monoisotopic (exact) mass is 764 g/mol. The Bertz CT molecular complexity index is 984. The first-order chi connectivity index (χ1) is 21.4. The SMILES string of the molecule is C/C=C1\CCC[C@@]2(OC)C[C@@H](O[Si](C(C)C)(C(C)C)C(C)C)C[C@@H](C#CCOC(C)=O)[C@]12O.[C-]#[O+].[C-]#[O+].[C-]#[O+].[C-]#[O+].[C-]#[O+].[C-]#[O+].[Co].[Co]. The normalized spacial score (nSPS) is 22.4. The molecule has 0 heterocycles. The quantitative estimate of drug-likeness (QED) is 0.0890. The van der Waals surface area contributed by atoms with Gasteiger partial charge in [0.05, 0.1) is 5.92 Å². The zero-order chi connectivity index (χ0) is 37.0. The van der Waals surface area contributed by atoms with E-state index < -0.39 is 19.5 Å². The Morgan fingerprint density at radius 2 is 1.36 bits per heavy atom. The Kier molecular flexibility index (Phi) is 44.1. The molecule has 1 N–H and O–H groups in total. The average molecular weight is 765 g/mol. The van der Waals surface area contributed by atoms with E-state index >= 15 is 0 Å². The fourth-order valence-corrected chi connectivity index (χ4v) is 12.5. The van der Waals surface area contributed by atoms with Crippen LogP contribution in [0.1, 0.15) is 87.5 Å². The second-order valence-corrected chi connectivity index (χ2v) is 16.2. The van der Waals surface area contributed by atoms with Gasteiger partial charge in [0.1, 0.15) is 11.2 Å². The number of carbonyl (C=O) groups excluding carboxylic acids is 1. The van der Waals surface area contributed by atoms with Gasteiger partial charge in [0.25, 0.3) is 0 Å². The number of fused-ring (bicyclic) bond motifs is 1. The first-order valence-electron chi connectivity index (χ1n) is 13.9. The van der Waals surface area contributed by atoms with Crippen molar-refractivity contribution in [3.05, 3.63) is 51.6 Å². The van der Waals surface area contributed by atoms with E-state index in [1.807, 2.05) is 13.0 Å². The molecular formula is C33H46Co2O11Si. The first kappa shape index (κ1) is 60.6. The number of ether oxygens (including phenoxy) is 2. The maximum atomic E-state index is 12.3. The maximum Gasteiger partial charge on any atom is 0 e. The molecular weight excluding hydrogens is 718 g/mol. The van der Waals surface area contributed by atoms with Gasteiger partial charge < -0.3 is 19.0 Å². The minimum absolute atomic E-state index is 0. The summed E-state index contributed by atoms with van der Waals surface area (Å²) in [5, 5.41) is 12.3. The fraction of sp³-hybridized carbons (Fsp3) is 0.667. The molecule has 14 heteroatoms. The Morgan fingerprint density at radius 3 is 1.70 bits per heavy atom. The zero-order valence-electron chi connectivity index (χ0n) is 28.4. The molecule has 2 rings (SSSR count). The standard InChI is InChI=1S/C27H46O5Si.6CO.2Co/c1-10-23-13-11-15-26(30-9)18-25(32-33(19(2)3,20(4)5)21(6)7)17-24(27(23,26)29)14-12-16-31-22(8)28;6*1-2;;/h10,19-21,24-25,29H,11,13,15-18H2,1-9H3;;;;;;;;/b23-10+;;;;;;;;/t24-,25+,26-,27-;;;;;;;;/m1......../s1. The van der Waals surface area contributed by atoms with Crippen LogP contribution in [0.15, 0.2) is 11.6 Å². The van der Waals surface area contributed by atoms with Crippen LogP contribution in [0, 0.1) is 57.7 Å². The van der Waals surface area contributed by atoms with Crippen LogP contribution in [0.3, 0.4) is 0 Å². The molecule has 2 saturated carbocycles. The maximum absolute atomic E-state index is 12.3. The number of methoxy groups -OCH3 is 1. The number of allylic oxidation sites excluding steroid dienone is 1. The molecule has 0 aromatic rings. The summed E-state index contributed by atoms with van der Waals surface area (Å²) in [7, 11) is -0.403. The summed E-state index contributed by atoms with van der Waals surface area (Å²) in [5.41, 5.74) is 0.520. The molecule has 0 unspecified atom stereocenters. The molecule has 47 heavy (non-hydrogen) atoms. The second kappa shape index (κ2) is 34.2. The van der Waals surface area contributed by atoms with Crippen molar-refractivity contribution in [2.24, 2.45) is 5.92 Å². The summed E-state index contributed by atoms with van der Waals surface area (Å²) in [5.74, 6) is 5.58. The average Bonchev–Trinajstić information content (AvgIpc) is 3.06. The van der Waals surface area contributed by atoms with Crippen LogP contribution in [0.5, 0.6) is 0 Å². The molecule has 2 radical (unpaired) electrons. The Labute approximate surface area is 302 Å². The molecule has 0 aliphatic heterocycles. The van der Waals surface area contributed by atoms with Crippen molar-refractivity contribution in [1.29, 1.82) is 0 Å². The van der Waals surface area contributed by atoms with Crippen molar-refractivity contribution < 1.29 is 85.3 Å². The molecule has 2 aliphatic rings. The predicted molar refractivity (Wildman–Crippen MR) is 159 cm³/mol. The molecule has 4 atom stereocenters. The van der Waals surface area contributed by atoms with Crippen LogP contribution in [-0.2, 0) is 80.2 Å². The molecule has 0 saturated heterocycles. The van der Waals surface area contributed by atoms with Crippen molar-refractivity contribution in [1.82, 2.24) is 0 Å². The topological polar surface area (TPSA) is 184 Å². The molecule has 2 aliphatic carbocycles. The number of aliphatic hydroxyl groups is 1. The van der Waals surface area contributed by atoms with Gasteiger partial charge >= 0.3 is 73.8 Å². The van der Waals surface area contributed by atoms with Crippen molar-refractivity contribution in [3.63, 3.8) is 0 Å². The van der Waals surface area contributed by atoms with Gasteiger partial charge in [-0.2, -0.15) is 0 Å². The summed E-state index contributed by atoms with van der Waals surface area (Å²) in [6.45, 7) is 44.2. The Hall–Kier alpha value is -1.68. The van der Waals surface area contributed by atoms with Crippen LogP contribution >= 0.6 is 0 Å². The van der Waals surface area contributed by atoms with E-state index in [0.717, 1.165) is 24.8 Å². The molecule has 0 amide bonds. The molecule has 0 bridgehead atoms. The molecule has 0 spiro atoms. The minimum Gasteiger partial charge on any atom is 0 e. The molecule has 11 nitrogen and oxygen atoms in total. The minimum atomic E-state index is -2.12. The van der Waals surface area contributed by atoms with Crippen molar-refractivity contribution >= 4 is 14.3 Å². The van der Waals surface area contributed by atoms with Crippen LogP contribution in [0.4, 0.5) is 0 Å².